The fraction of sp³-hybridized carbons (Fsp3) is 0.800. The van der Waals surface area contributed by atoms with Crippen LogP contribution in [-0.2, 0) is 0 Å². The Morgan fingerprint density at radius 2 is 2.09 bits per heavy atom. The molecule has 1 heteroatoms. The van der Waals surface area contributed by atoms with E-state index < -0.39 is 0 Å². The highest BCUT2D eigenvalue weighted by Gasteiger charge is 2.04. The van der Waals surface area contributed by atoms with E-state index in [1.165, 1.54) is 31.3 Å². The van der Waals surface area contributed by atoms with Gasteiger partial charge in [0, 0.05) is 5.25 Å². The zero-order chi connectivity index (χ0) is 8.69. The monoisotopic (exact) mass is 172 g/mol. The van der Waals surface area contributed by atoms with Gasteiger partial charge in [-0.15, -0.1) is 0 Å². The molecule has 0 aliphatic rings. The molecule has 0 aliphatic carbocycles. The summed E-state index contributed by atoms with van der Waals surface area (Å²) >= 11 is 1.96. The Balaban J connectivity index is 3.54. The predicted molar refractivity (Wildman–Crippen MR) is 56.3 cm³/mol. The van der Waals surface area contributed by atoms with E-state index >= 15 is 0 Å². The third-order valence-corrected chi connectivity index (χ3v) is 3.08. The summed E-state index contributed by atoms with van der Waals surface area (Å²) in [5.41, 5.74) is 1.42. The maximum atomic E-state index is 4.07. The van der Waals surface area contributed by atoms with Crippen molar-refractivity contribution in [2.75, 3.05) is 6.26 Å². The number of thioether (sulfide) groups is 1. The minimum Gasteiger partial charge on any atom is -0.162 e. The molecule has 0 N–H and O–H groups in total. The van der Waals surface area contributed by atoms with Gasteiger partial charge in [-0.25, -0.2) is 0 Å². The summed E-state index contributed by atoms with van der Waals surface area (Å²) in [6.07, 6.45) is 7.11. The molecule has 0 fully saturated rings. The van der Waals surface area contributed by atoms with Gasteiger partial charge in [0.25, 0.3) is 0 Å². The third-order valence-electron chi connectivity index (χ3n) is 1.91. The van der Waals surface area contributed by atoms with Gasteiger partial charge >= 0.3 is 0 Å². The van der Waals surface area contributed by atoms with Crippen LogP contribution in [-0.4, -0.2) is 11.5 Å². The summed E-state index contributed by atoms with van der Waals surface area (Å²) in [6, 6.07) is 0. The second-order valence-electron chi connectivity index (χ2n) is 2.97. The Hall–Kier alpha value is 0.0900. The molecule has 0 heterocycles. The van der Waals surface area contributed by atoms with E-state index in [2.05, 4.69) is 26.7 Å². The van der Waals surface area contributed by atoms with Crippen molar-refractivity contribution in [3.8, 4) is 0 Å². The van der Waals surface area contributed by atoms with Gasteiger partial charge in [0.1, 0.15) is 0 Å². The molecule has 1 atom stereocenters. The van der Waals surface area contributed by atoms with Crippen LogP contribution in [0.25, 0.3) is 0 Å². The van der Waals surface area contributed by atoms with Crippen LogP contribution in [0.3, 0.4) is 0 Å². The minimum atomic E-state index is 0.800. The van der Waals surface area contributed by atoms with Gasteiger partial charge in [0.15, 0.2) is 0 Å². The van der Waals surface area contributed by atoms with Gasteiger partial charge in [0.2, 0.25) is 0 Å². The third kappa shape index (κ3) is 5.37. The van der Waals surface area contributed by atoms with Crippen molar-refractivity contribution in [1.29, 1.82) is 0 Å². The highest BCUT2D eigenvalue weighted by Crippen LogP contribution is 2.20. The van der Waals surface area contributed by atoms with Crippen LogP contribution in [0.2, 0.25) is 0 Å². The lowest BCUT2D eigenvalue weighted by atomic mass is 10.1. The summed E-state index contributed by atoms with van der Waals surface area (Å²) in [7, 11) is 0. The van der Waals surface area contributed by atoms with Crippen molar-refractivity contribution >= 4 is 11.8 Å². The standard InChI is InChI=1S/C10H20S/c1-5-7-9(3)8-10(6-2)11-4/h10H,3,5-8H2,1-2,4H3. The molecule has 0 aromatic rings. The number of hydrogen-bond donors (Lipinski definition) is 0. The molecule has 0 nitrogen and oxygen atoms in total. The summed E-state index contributed by atoms with van der Waals surface area (Å²) in [4.78, 5) is 0. The summed E-state index contributed by atoms with van der Waals surface area (Å²) in [6.45, 7) is 8.53. The molecule has 0 aromatic carbocycles. The van der Waals surface area contributed by atoms with Crippen LogP contribution >= 0.6 is 11.8 Å². The first kappa shape index (κ1) is 11.1. The minimum absolute atomic E-state index is 0.800. The van der Waals surface area contributed by atoms with Crippen molar-refractivity contribution in [3.63, 3.8) is 0 Å². The maximum absolute atomic E-state index is 4.07. The molecule has 0 spiro atoms. The van der Waals surface area contributed by atoms with Gasteiger partial charge < -0.3 is 0 Å². The summed E-state index contributed by atoms with van der Waals surface area (Å²) < 4.78 is 0. The van der Waals surface area contributed by atoms with Gasteiger partial charge in [-0.05, 0) is 25.5 Å². The molecule has 0 aromatic heterocycles. The average Bonchev–Trinajstić information content (AvgIpc) is 2.01. The first-order valence-corrected chi connectivity index (χ1v) is 5.72. The Kier molecular flexibility index (Phi) is 6.83. The predicted octanol–water partition coefficient (Wildman–Crippen LogP) is 3.87. The van der Waals surface area contributed by atoms with E-state index in [1.54, 1.807) is 0 Å². The zero-order valence-electron chi connectivity index (χ0n) is 8.02. The van der Waals surface area contributed by atoms with Crippen LogP contribution < -0.4 is 0 Å². The number of rotatable bonds is 6. The van der Waals surface area contributed by atoms with Gasteiger partial charge in [-0.1, -0.05) is 32.4 Å². The largest absolute Gasteiger partial charge is 0.162 e. The van der Waals surface area contributed by atoms with Crippen molar-refractivity contribution in [2.45, 2.75) is 44.8 Å². The van der Waals surface area contributed by atoms with E-state index in [-0.39, 0.29) is 0 Å². The lowest BCUT2D eigenvalue weighted by molar-refractivity contribution is 0.762. The lowest BCUT2D eigenvalue weighted by Gasteiger charge is -2.12. The number of allylic oxidation sites excluding steroid dienone is 1. The molecule has 0 radical (unpaired) electrons. The Bertz CT molecular complexity index is 103. The molecule has 66 valence electrons. The second kappa shape index (κ2) is 6.78. The van der Waals surface area contributed by atoms with Crippen LogP contribution in [0.5, 0.6) is 0 Å². The molecular weight excluding hydrogens is 152 g/mol. The molecule has 1 unspecified atom stereocenters. The molecule has 0 bridgehead atoms. The van der Waals surface area contributed by atoms with E-state index in [0.717, 1.165) is 5.25 Å². The smallest absolute Gasteiger partial charge is 0.00787 e. The molecule has 0 rings (SSSR count). The first-order valence-electron chi connectivity index (χ1n) is 4.44. The van der Waals surface area contributed by atoms with E-state index in [9.17, 15) is 0 Å². The van der Waals surface area contributed by atoms with Gasteiger partial charge in [-0.3, -0.25) is 0 Å². The highest BCUT2D eigenvalue weighted by molar-refractivity contribution is 7.99. The fourth-order valence-electron chi connectivity index (χ4n) is 1.17. The Morgan fingerprint density at radius 3 is 2.45 bits per heavy atom. The lowest BCUT2D eigenvalue weighted by Crippen LogP contribution is -2.00. The average molecular weight is 172 g/mol. The molecule has 0 saturated carbocycles. The Labute approximate surface area is 75.5 Å². The van der Waals surface area contributed by atoms with Crippen LogP contribution in [0.4, 0.5) is 0 Å². The Morgan fingerprint density at radius 1 is 1.45 bits per heavy atom. The molecular formula is C10H20S. The van der Waals surface area contributed by atoms with Crippen LogP contribution in [0.15, 0.2) is 12.2 Å². The maximum Gasteiger partial charge on any atom is 0.00787 e. The highest BCUT2D eigenvalue weighted by atomic mass is 32.2. The van der Waals surface area contributed by atoms with Crippen molar-refractivity contribution in [3.05, 3.63) is 12.2 Å². The number of hydrogen-bond acceptors (Lipinski definition) is 1. The zero-order valence-corrected chi connectivity index (χ0v) is 8.84. The van der Waals surface area contributed by atoms with Gasteiger partial charge in [-0.2, -0.15) is 11.8 Å². The van der Waals surface area contributed by atoms with E-state index in [1.807, 2.05) is 11.8 Å². The second-order valence-corrected chi connectivity index (χ2v) is 4.11. The van der Waals surface area contributed by atoms with Gasteiger partial charge in [0.05, 0.1) is 0 Å². The van der Waals surface area contributed by atoms with Crippen molar-refractivity contribution < 1.29 is 0 Å². The molecule has 0 amide bonds. The van der Waals surface area contributed by atoms with Crippen molar-refractivity contribution in [1.82, 2.24) is 0 Å². The SMILES string of the molecule is C=C(CCC)CC(CC)SC. The first-order chi connectivity index (χ1) is 5.24. The topological polar surface area (TPSA) is 0 Å². The molecule has 0 aliphatic heterocycles. The molecule has 0 saturated heterocycles. The fourth-order valence-corrected chi connectivity index (χ4v) is 1.91. The van der Waals surface area contributed by atoms with Crippen LogP contribution in [0.1, 0.15) is 39.5 Å². The van der Waals surface area contributed by atoms with Crippen molar-refractivity contribution in [2.24, 2.45) is 0 Å². The molecule has 11 heavy (non-hydrogen) atoms. The normalized spacial score (nSPS) is 13.0. The summed E-state index contributed by atoms with van der Waals surface area (Å²) in [5, 5.41) is 0.800. The van der Waals surface area contributed by atoms with E-state index in [4.69, 9.17) is 0 Å². The van der Waals surface area contributed by atoms with Crippen LogP contribution in [0, 0.1) is 0 Å². The quantitative estimate of drug-likeness (QED) is 0.548. The summed E-state index contributed by atoms with van der Waals surface area (Å²) in [5.74, 6) is 0. The van der Waals surface area contributed by atoms with E-state index in [0.29, 0.717) is 0 Å².